The molecule has 1 heterocycles. The minimum absolute atomic E-state index is 0.00157. The molecule has 0 amide bonds. The lowest BCUT2D eigenvalue weighted by Gasteiger charge is -2.44. The van der Waals surface area contributed by atoms with Gasteiger partial charge in [-0.15, -0.1) is 0 Å². The Morgan fingerprint density at radius 2 is 2.12 bits per heavy atom. The molecule has 2 rings (SSSR count). The fourth-order valence-electron chi connectivity index (χ4n) is 2.63. The van der Waals surface area contributed by atoms with E-state index in [2.05, 4.69) is 44.1 Å². The van der Waals surface area contributed by atoms with Crippen LogP contribution in [0.5, 0.6) is 0 Å². The molecule has 17 heavy (non-hydrogen) atoms. The number of nitrogens with zero attached hydrogens (tertiary/aromatic N) is 2. The SMILES string of the molecule is C[C@@H]1c2ccccc2C(C)(C)CN1C(N)=NO. The topological polar surface area (TPSA) is 61.8 Å². The molecule has 92 valence electrons. The molecule has 0 spiro atoms. The van der Waals surface area contributed by atoms with Crippen molar-refractivity contribution in [2.75, 3.05) is 6.54 Å². The fourth-order valence-corrected chi connectivity index (χ4v) is 2.63. The van der Waals surface area contributed by atoms with Gasteiger partial charge < -0.3 is 15.8 Å². The van der Waals surface area contributed by atoms with Gasteiger partial charge in [-0.3, -0.25) is 0 Å². The Labute approximate surface area is 102 Å². The van der Waals surface area contributed by atoms with Gasteiger partial charge in [-0.05, 0) is 18.1 Å². The van der Waals surface area contributed by atoms with Crippen molar-refractivity contribution >= 4 is 5.96 Å². The zero-order chi connectivity index (χ0) is 12.6. The molecular weight excluding hydrogens is 214 g/mol. The van der Waals surface area contributed by atoms with E-state index in [-0.39, 0.29) is 17.4 Å². The maximum absolute atomic E-state index is 8.84. The highest BCUT2D eigenvalue weighted by Crippen LogP contribution is 2.38. The zero-order valence-corrected chi connectivity index (χ0v) is 10.5. The van der Waals surface area contributed by atoms with Crippen LogP contribution in [0.1, 0.15) is 37.9 Å². The highest BCUT2D eigenvalue weighted by atomic mass is 16.4. The molecule has 4 heteroatoms. The standard InChI is InChI=1S/C13H19N3O/c1-9-10-6-4-5-7-11(10)13(2,3)8-16(9)12(14)15-17/h4-7,9,17H,8H2,1-3H3,(H2,14,15)/t9-/m1/s1. The van der Waals surface area contributed by atoms with Gasteiger partial charge in [0.1, 0.15) is 0 Å². The van der Waals surface area contributed by atoms with Crippen molar-refractivity contribution < 1.29 is 5.21 Å². The van der Waals surface area contributed by atoms with Crippen LogP contribution in [0.3, 0.4) is 0 Å². The van der Waals surface area contributed by atoms with E-state index in [1.165, 1.54) is 11.1 Å². The summed E-state index contributed by atoms with van der Waals surface area (Å²) in [6.07, 6.45) is 0. The molecule has 0 aromatic heterocycles. The normalized spacial score (nSPS) is 23.4. The molecule has 0 radical (unpaired) electrons. The van der Waals surface area contributed by atoms with Crippen LogP contribution < -0.4 is 5.73 Å². The third-order valence-corrected chi connectivity index (χ3v) is 3.57. The number of benzene rings is 1. The van der Waals surface area contributed by atoms with E-state index in [0.29, 0.717) is 0 Å². The van der Waals surface area contributed by atoms with E-state index in [1.54, 1.807) is 0 Å². The van der Waals surface area contributed by atoms with Gasteiger partial charge in [-0.25, -0.2) is 0 Å². The first-order valence-electron chi connectivity index (χ1n) is 5.81. The van der Waals surface area contributed by atoms with Gasteiger partial charge in [0.05, 0.1) is 6.04 Å². The highest BCUT2D eigenvalue weighted by Gasteiger charge is 2.36. The van der Waals surface area contributed by atoms with Crippen molar-refractivity contribution in [2.24, 2.45) is 10.9 Å². The molecule has 0 unspecified atom stereocenters. The molecule has 1 aromatic carbocycles. The lowest BCUT2D eigenvalue weighted by atomic mass is 9.76. The molecule has 0 saturated heterocycles. The maximum atomic E-state index is 8.84. The Kier molecular flexibility index (Phi) is 2.73. The van der Waals surface area contributed by atoms with Crippen LogP contribution in [0.2, 0.25) is 0 Å². The van der Waals surface area contributed by atoms with Crippen molar-refractivity contribution in [3.8, 4) is 0 Å². The Morgan fingerprint density at radius 3 is 2.76 bits per heavy atom. The predicted octanol–water partition coefficient (Wildman–Crippen LogP) is 2.04. The van der Waals surface area contributed by atoms with E-state index in [4.69, 9.17) is 10.9 Å². The molecule has 1 aliphatic heterocycles. The lowest BCUT2D eigenvalue weighted by Crippen LogP contribution is -2.49. The second-order valence-corrected chi connectivity index (χ2v) is 5.23. The largest absolute Gasteiger partial charge is 0.408 e. The summed E-state index contributed by atoms with van der Waals surface area (Å²) in [6, 6.07) is 8.50. The molecule has 0 bridgehead atoms. The summed E-state index contributed by atoms with van der Waals surface area (Å²) in [5.74, 6) is 0.181. The average Bonchev–Trinajstić information content (AvgIpc) is 2.33. The predicted molar refractivity (Wildman–Crippen MR) is 68.0 cm³/mol. The van der Waals surface area contributed by atoms with Crippen molar-refractivity contribution in [1.29, 1.82) is 0 Å². The monoisotopic (exact) mass is 233 g/mol. The Bertz CT molecular complexity index is 454. The van der Waals surface area contributed by atoms with Crippen LogP contribution in [0.25, 0.3) is 0 Å². The van der Waals surface area contributed by atoms with Crippen LogP contribution in [0, 0.1) is 0 Å². The molecule has 0 aliphatic carbocycles. The van der Waals surface area contributed by atoms with Gasteiger partial charge in [0.25, 0.3) is 0 Å². The zero-order valence-electron chi connectivity index (χ0n) is 10.5. The quantitative estimate of drug-likeness (QED) is 0.312. The van der Waals surface area contributed by atoms with Gasteiger partial charge in [0, 0.05) is 12.0 Å². The van der Waals surface area contributed by atoms with Gasteiger partial charge in [-0.2, -0.15) is 0 Å². The van der Waals surface area contributed by atoms with E-state index in [0.717, 1.165) is 6.54 Å². The van der Waals surface area contributed by atoms with Crippen LogP contribution in [-0.4, -0.2) is 22.6 Å². The molecule has 3 N–H and O–H groups in total. The molecular formula is C13H19N3O. The Hall–Kier alpha value is -1.71. The minimum Gasteiger partial charge on any atom is -0.408 e. The van der Waals surface area contributed by atoms with E-state index < -0.39 is 0 Å². The Balaban J connectivity index is 2.51. The summed E-state index contributed by atoms with van der Waals surface area (Å²) in [4.78, 5) is 1.93. The maximum Gasteiger partial charge on any atom is 0.233 e. The Morgan fingerprint density at radius 1 is 1.47 bits per heavy atom. The van der Waals surface area contributed by atoms with Crippen molar-refractivity contribution in [1.82, 2.24) is 4.90 Å². The second kappa shape index (κ2) is 3.95. The molecule has 0 fully saturated rings. The first-order chi connectivity index (χ1) is 7.97. The number of fused-ring (bicyclic) bond motifs is 1. The van der Waals surface area contributed by atoms with Crippen molar-refractivity contribution in [3.63, 3.8) is 0 Å². The first-order valence-corrected chi connectivity index (χ1v) is 5.81. The van der Waals surface area contributed by atoms with Crippen molar-refractivity contribution in [3.05, 3.63) is 35.4 Å². The van der Waals surface area contributed by atoms with Crippen LogP contribution in [-0.2, 0) is 5.41 Å². The van der Waals surface area contributed by atoms with Crippen LogP contribution >= 0.6 is 0 Å². The van der Waals surface area contributed by atoms with Gasteiger partial charge in [-0.1, -0.05) is 43.3 Å². The summed E-state index contributed by atoms with van der Waals surface area (Å²) in [7, 11) is 0. The number of hydrogen-bond donors (Lipinski definition) is 2. The number of nitrogens with two attached hydrogens (primary N) is 1. The second-order valence-electron chi connectivity index (χ2n) is 5.23. The summed E-state index contributed by atoms with van der Waals surface area (Å²) in [5.41, 5.74) is 8.33. The lowest BCUT2D eigenvalue weighted by molar-refractivity contribution is 0.224. The smallest absolute Gasteiger partial charge is 0.233 e. The molecule has 0 saturated carbocycles. The summed E-state index contributed by atoms with van der Waals surface area (Å²) in [5, 5.41) is 12.0. The third-order valence-electron chi connectivity index (χ3n) is 3.57. The summed E-state index contributed by atoms with van der Waals surface area (Å²) < 4.78 is 0. The average molecular weight is 233 g/mol. The van der Waals surface area contributed by atoms with Gasteiger partial charge >= 0.3 is 0 Å². The summed E-state index contributed by atoms with van der Waals surface area (Å²) in [6.45, 7) is 7.18. The number of oxime groups is 1. The number of rotatable bonds is 0. The van der Waals surface area contributed by atoms with Crippen LogP contribution in [0.15, 0.2) is 29.4 Å². The van der Waals surface area contributed by atoms with Crippen molar-refractivity contribution in [2.45, 2.75) is 32.2 Å². The van der Waals surface area contributed by atoms with E-state index in [9.17, 15) is 0 Å². The van der Waals surface area contributed by atoms with E-state index >= 15 is 0 Å². The number of guanidine groups is 1. The van der Waals surface area contributed by atoms with E-state index in [1.807, 2.05) is 11.0 Å². The van der Waals surface area contributed by atoms with Crippen LogP contribution in [0.4, 0.5) is 0 Å². The molecule has 4 nitrogen and oxygen atoms in total. The third kappa shape index (κ3) is 1.84. The fraction of sp³-hybridized carbons (Fsp3) is 0.462. The molecule has 1 aromatic rings. The summed E-state index contributed by atoms with van der Waals surface area (Å²) >= 11 is 0. The minimum atomic E-state index is -0.00157. The van der Waals surface area contributed by atoms with Gasteiger partial charge in [0.2, 0.25) is 5.96 Å². The number of hydrogen-bond acceptors (Lipinski definition) is 2. The molecule has 1 atom stereocenters. The van der Waals surface area contributed by atoms with Gasteiger partial charge in [0.15, 0.2) is 0 Å². The molecule has 1 aliphatic rings. The first kappa shape index (κ1) is 11.8. The highest BCUT2D eigenvalue weighted by molar-refractivity contribution is 5.78.